The Balaban J connectivity index is 1.19. The Hall–Kier alpha value is -4.73. The molecule has 0 saturated heterocycles. The fraction of sp³-hybridized carbons (Fsp3) is 0.250. The number of hydrogen-bond donors (Lipinski definition) is 2. The van der Waals surface area contributed by atoms with E-state index >= 15 is 0 Å². The highest BCUT2D eigenvalue weighted by Gasteiger charge is 2.32. The number of nitrogens with zero attached hydrogens (tertiary/aromatic N) is 5. The molecule has 2 N–H and O–H groups in total. The molecule has 1 aliphatic rings. The molecule has 192 valence electrons. The number of benzene rings is 2. The summed E-state index contributed by atoms with van der Waals surface area (Å²) in [6.45, 7) is 1.65. The summed E-state index contributed by atoms with van der Waals surface area (Å²) in [5, 5.41) is 14.9. The first kappa shape index (κ1) is 23.7. The SMILES string of the molecule is O=C(c1occc1CCNc1ccc2nccnc2c1)N1CCNc2ccccc2CC[C@@H]1c1nnco1. The lowest BCUT2D eigenvalue weighted by Crippen LogP contribution is -2.38. The molecule has 4 heterocycles. The number of carbonyl (C=O) groups is 1. The van der Waals surface area contributed by atoms with Crippen molar-refractivity contribution in [2.45, 2.75) is 25.3 Å². The molecule has 1 atom stereocenters. The van der Waals surface area contributed by atoms with Gasteiger partial charge in [-0.3, -0.25) is 14.8 Å². The van der Waals surface area contributed by atoms with E-state index in [-0.39, 0.29) is 11.9 Å². The van der Waals surface area contributed by atoms with Crippen LogP contribution in [0.2, 0.25) is 0 Å². The first-order chi connectivity index (χ1) is 18.8. The van der Waals surface area contributed by atoms with Gasteiger partial charge in [-0.05, 0) is 55.2 Å². The van der Waals surface area contributed by atoms with Crippen molar-refractivity contribution in [2.75, 3.05) is 30.3 Å². The van der Waals surface area contributed by atoms with E-state index in [2.05, 4.69) is 42.9 Å². The normalized spacial score (nSPS) is 15.7. The predicted molar refractivity (Wildman–Crippen MR) is 142 cm³/mol. The number of fused-ring (bicyclic) bond motifs is 2. The number of carbonyl (C=O) groups excluding carboxylic acids is 1. The van der Waals surface area contributed by atoms with Gasteiger partial charge in [-0.2, -0.15) is 0 Å². The van der Waals surface area contributed by atoms with Crippen LogP contribution >= 0.6 is 0 Å². The van der Waals surface area contributed by atoms with Crippen molar-refractivity contribution in [1.82, 2.24) is 25.1 Å². The summed E-state index contributed by atoms with van der Waals surface area (Å²) < 4.78 is 11.3. The maximum absolute atomic E-state index is 13.9. The number of aromatic nitrogens is 4. The number of anilines is 2. The lowest BCUT2D eigenvalue weighted by Gasteiger charge is -2.28. The summed E-state index contributed by atoms with van der Waals surface area (Å²) in [5.41, 5.74) is 5.72. The van der Waals surface area contributed by atoms with Crippen molar-refractivity contribution in [3.05, 3.63) is 96.4 Å². The minimum absolute atomic E-state index is 0.193. The van der Waals surface area contributed by atoms with Crippen LogP contribution < -0.4 is 10.6 Å². The molecule has 6 rings (SSSR count). The molecule has 0 fully saturated rings. The lowest BCUT2D eigenvalue weighted by molar-refractivity contribution is 0.0612. The van der Waals surface area contributed by atoms with E-state index in [4.69, 9.17) is 8.83 Å². The number of amides is 1. The van der Waals surface area contributed by atoms with Crippen LogP contribution in [0.4, 0.5) is 11.4 Å². The first-order valence-corrected chi connectivity index (χ1v) is 12.7. The number of nitrogens with one attached hydrogen (secondary N) is 2. The highest BCUT2D eigenvalue weighted by Crippen LogP contribution is 2.30. The third kappa shape index (κ3) is 4.93. The van der Waals surface area contributed by atoms with Gasteiger partial charge >= 0.3 is 0 Å². The first-order valence-electron chi connectivity index (χ1n) is 12.7. The van der Waals surface area contributed by atoms with Crippen molar-refractivity contribution in [3.8, 4) is 0 Å². The van der Waals surface area contributed by atoms with E-state index in [1.165, 1.54) is 12.0 Å². The second-order valence-electron chi connectivity index (χ2n) is 9.13. The van der Waals surface area contributed by atoms with Crippen molar-refractivity contribution < 1.29 is 13.6 Å². The summed E-state index contributed by atoms with van der Waals surface area (Å²) in [6.07, 6.45) is 8.25. The molecule has 10 heteroatoms. The van der Waals surface area contributed by atoms with Crippen LogP contribution in [0.1, 0.15) is 40.0 Å². The Bertz CT molecular complexity index is 1530. The fourth-order valence-corrected chi connectivity index (χ4v) is 4.92. The molecule has 2 aromatic carbocycles. The Kier molecular flexibility index (Phi) is 6.67. The molecule has 0 spiro atoms. The van der Waals surface area contributed by atoms with Crippen LogP contribution in [0, 0.1) is 0 Å². The van der Waals surface area contributed by atoms with E-state index in [0.29, 0.717) is 44.1 Å². The second-order valence-corrected chi connectivity index (χ2v) is 9.13. The van der Waals surface area contributed by atoms with Crippen LogP contribution in [0.3, 0.4) is 0 Å². The third-order valence-electron chi connectivity index (χ3n) is 6.81. The number of rotatable bonds is 6. The van der Waals surface area contributed by atoms with Crippen LogP contribution in [-0.4, -0.2) is 50.6 Å². The van der Waals surface area contributed by atoms with Crippen LogP contribution in [0.5, 0.6) is 0 Å². The van der Waals surface area contributed by atoms with Gasteiger partial charge < -0.3 is 24.4 Å². The molecule has 1 amide bonds. The summed E-state index contributed by atoms with van der Waals surface area (Å²) >= 11 is 0. The zero-order chi connectivity index (χ0) is 25.7. The van der Waals surface area contributed by atoms with Gasteiger partial charge in [0.05, 0.1) is 17.3 Å². The molecule has 3 aromatic heterocycles. The standard InChI is InChI=1S/C28H27N7O3/c36-28(26-20(10-16-37-26)9-11-29-21-6-7-23-24(17-21)31-13-12-30-23)35-15-14-32-22-4-2-1-3-19(22)5-8-25(35)27-34-33-18-38-27/h1-4,6-7,10,12-13,16-18,25,29,32H,5,8-9,11,14-15H2/t25-/m1/s1. The summed E-state index contributed by atoms with van der Waals surface area (Å²) in [4.78, 5) is 24.3. The molecule has 0 radical (unpaired) electrons. The van der Waals surface area contributed by atoms with Gasteiger partial charge in [-0.15, -0.1) is 10.2 Å². The molecule has 0 bridgehead atoms. The highest BCUT2D eigenvalue weighted by atomic mass is 16.4. The lowest BCUT2D eigenvalue weighted by atomic mass is 10.0. The van der Waals surface area contributed by atoms with Gasteiger partial charge in [0.15, 0.2) is 5.76 Å². The van der Waals surface area contributed by atoms with Crippen molar-refractivity contribution in [2.24, 2.45) is 0 Å². The number of furan rings is 1. The van der Waals surface area contributed by atoms with Crippen molar-refractivity contribution >= 4 is 28.3 Å². The number of para-hydroxylation sites is 1. The highest BCUT2D eigenvalue weighted by molar-refractivity contribution is 5.93. The molecule has 5 aromatic rings. The number of hydrogen-bond acceptors (Lipinski definition) is 9. The average molecular weight is 510 g/mol. The van der Waals surface area contributed by atoms with Gasteiger partial charge in [-0.1, -0.05) is 18.2 Å². The van der Waals surface area contributed by atoms with Gasteiger partial charge in [0.2, 0.25) is 12.3 Å². The van der Waals surface area contributed by atoms with Crippen LogP contribution in [0.15, 0.2) is 82.4 Å². The minimum Gasteiger partial charge on any atom is -0.459 e. The molecule has 0 saturated carbocycles. The van der Waals surface area contributed by atoms with E-state index in [0.717, 1.165) is 34.4 Å². The van der Waals surface area contributed by atoms with Crippen molar-refractivity contribution in [1.29, 1.82) is 0 Å². The molecule has 38 heavy (non-hydrogen) atoms. The predicted octanol–water partition coefficient (Wildman–Crippen LogP) is 4.50. The van der Waals surface area contributed by atoms with Gasteiger partial charge in [0.25, 0.3) is 5.91 Å². The van der Waals surface area contributed by atoms with E-state index < -0.39 is 0 Å². The Labute approximate surface area is 219 Å². The van der Waals surface area contributed by atoms with Crippen molar-refractivity contribution in [3.63, 3.8) is 0 Å². The molecule has 0 aliphatic carbocycles. The Morgan fingerprint density at radius 2 is 1.97 bits per heavy atom. The van der Waals surface area contributed by atoms with E-state index in [1.807, 2.05) is 36.4 Å². The average Bonchev–Trinajstić information content (AvgIpc) is 3.66. The Morgan fingerprint density at radius 1 is 1.08 bits per heavy atom. The maximum Gasteiger partial charge on any atom is 0.290 e. The largest absolute Gasteiger partial charge is 0.459 e. The molecule has 10 nitrogen and oxygen atoms in total. The topological polar surface area (TPSA) is 122 Å². The fourth-order valence-electron chi connectivity index (χ4n) is 4.92. The van der Waals surface area contributed by atoms with E-state index in [9.17, 15) is 4.79 Å². The molecular formula is C28H27N7O3. The minimum atomic E-state index is -0.368. The monoisotopic (exact) mass is 509 g/mol. The maximum atomic E-state index is 13.9. The van der Waals surface area contributed by atoms with Gasteiger partial charge in [0.1, 0.15) is 6.04 Å². The smallest absolute Gasteiger partial charge is 0.290 e. The zero-order valence-electron chi connectivity index (χ0n) is 20.7. The van der Waals surface area contributed by atoms with Crippen LogP contribution in [0.25, 0.3) is 11.0 Å². The Morgan fingerprint density at radius 3 is 2.87 bits per heavy atom. The second kappa shape index (κ2) is 10.7. The third-order valence-corrected chi connectivity index (χ3v) is 6.81. The summed E-state index contributed by atoms with van der Waals surface area (Å²) in [5.74, 6) is 0.561. The molecule has 1 aliphatic heterocycles. The molecular weight excluding hydrogens is 482 g/mol. The molecule has 0 unspecified atom stereocenters. The quantitative estimate of drug-likeness (QED) is 0.341. The van der Waals surface area contributed by atoms with Gasteiger partial charge in [-0.25, -0.2) is 0 Å². The summed E-state index contributed by atoms with van der Waals surface area (Å²) in [6, 6.07) is 15.6. The van der Waals surface area contributed by atoms with Gasteiger partial charge in [0, 0.05) is 49.0 Å². The zero-order valence-corrected chi connectivity index (χ0v) is 20.7. The summed E-state index contributed by atoms with van der Waals surface area (Å²) in [7, 11) is 0. The van der Waals surface area contributed by atoms with Crippen LogP contribution in [-0.2, 0) is 12.8 Å². The number of aryl methyl sites for hydroxylation is 1. The van der Waals surface area contributed by atoms with E-state index in [1.54, 1.807) is 23.6 Å².